The molecular weight excluding hydrogens is 349 g/mol. The van der Waals surface area contributed by atoms with Crippen LogP contribution in [0.5, 0.6) is 11.5 Å². The van der Waals surface area contributed by atoms with Crippen molar-refractivity contribution < 1.29 is 23.4 Å². The van der Waals surface area contributed by atoms with E-state index in [4.69, 9.17) is 14.2 Å². The van der Waals surface area contributed by atoms with Crippen molar-refractivity contribution in [1.82, 2.24) is 4.90 Å². The Morgan fingerprint density at radius 3 is 2.41 bits per heavy atom. The van der Waals surface area contributed by atoms with Crippen LogP contribution in [0, 0.1) is 5.82 Å². The molecule has 1 amide bonds. The second kappa shape index (κ2) is 7.56. The molecule has 0 radical (unpaired) electrons. The Bertz CT molecular complexity index is 819. The van der Waals surface area contributed by atoms with E-state index in [-0.39, 0.29) is 17.8 Å². The van der Waals surface area contributed by atoms with E-state index in [1.807, 2.05) is 13.8 Å². The van der Waals surface area contributed by atoms with E-state index in [0.717, 1.165) is 5.56 Å². The number of carbonyl (C=O) groups is 1. The second-order valence-electron chi connectivity index (χ2n) is 7.15. The highest BCUT2D eigenvalue weighted by Crippen LogP contribution is 2.33. The Morgan fingerprint density at radius 1 is 1.11 bits per heavy atom. The summed E-state index contributed by atoms with van der Waals surface area (Å²) in [5.74, 6) is 0.661. The molecule has 1 fully saturated rings. The van der Waals surface area contributed by atoms with Crippen LogP contribution in [0.4, 0.5) is 4.39 Å². The molecule has 1 atom stereocenters. The van der Waals surface area contributed by atoms with Crippen LogP contribution in [0.3, 0.4) is 0 Å². The zero-order chi connectivity index (χ0) is 19.6. The largest absolute Gasteiger partial charge is 0.493 e. The molecule has 144 valence electrons. The highest BCUT2D eigenvalue weighted by atomic mass is 19.1. The molecule has 1 saturated heterocycles. The van der Waals surface area contributed by atoms with Gasteiger partial charge < -0.3 is 19.1 Å². The normalized spacial score (nSPS) is 18.9. The quantitative estimate of drug-likeness (QED) is 0.817. The molecular formula is C21H24FNO4. The maximum atomic E-state index is 13.2. The van der Waals surface area contributed by atoms with Gasteiger partial charge in [-0.3, -0.25) is 4.79 Å². The monoisotopic (exact) mass is 373 g/mol. The lowest BCUT2D eigenvalue weighted by Gasteiger charge is -2.45. The van der Waals surface area contributed by atoms with Crippen LogP contribution in [0.15, 0.2) is 42.5 Å². The molecule has 1 unspecified atom stereocenters. The summed E-state index contributed by atoms with van der Waals surface area (Å²) in [6, 6.07) is 11.3. The number of carbonyl (C=O) groups excluding carboxylic acids is 1. The second-order valence-corrected chi connectivity index (χ2v) is 7.15. The van der Waals surface area contributed by atoms with E-state index in [9.17, 15) is 9.18 Å². The molecule has 0 N–H and O–H groups in total. The number of hydrogen-bond acceptors (Lipinski definition) is 4. The van der Waals surface area contributed by atoms with E-state index in [1.165, 1.54) is 19.2 Å². The summed E-state index contributed by atoms with van der Waals surface area (Å²) < 4.78 is 29.7. The van der Waals surface area contributed by atoms with Gasteiger partial charge in [0.2, 0.25) is 0 Å². The SMILES string of the molecule is COc1ccc(C(=O)N2CC(c3ccc(F)cc3)OCC2(C)C)cc1OC. The Balaban J connectivity index is 1.87. The predicted molar refractivity (Wildman–Crippen MR) is 99.8 cm³/mol. The topological polar surface area (TPSA) is 48.0 Å². The van der Waals surface area contributed by atoms with E-state index >= 15 is 0 Å². The van der Waals surface area contributed by atoms with Crippen molar-refractivity contribution in [3.05, 3.63) is 59.4 Å². The molecule has 5 nitrogen and oxygen atoms in total. The lowest BCUT2D eigenvalue weighted by Crippen LogP contribution is -2.56. The smallest absolute Gasteiger partial charge is 0.254 e. The zero-order valence-electron chi connectivity index (χ0n) is 16.0. The van der Waals surface area contributed by atoms with Crippen molar-refractivity contribution in [3.63, 3.8) is 0 Å². The third-order valence-corrected chi connectivity index (χ3v) is 4.83. The highest BCUT2D eigenvalue weighted by Gasteiger charge is 2.39. The van der Waals surface area contributed by atoms with Gasteiger partial charge in [0.05, 0.1) is 32.9 Å². The molecule has 3 rings (SSSR count). The number of morpholine rings is 1. The van der Waals surface area contributed by atoms with E-state index in [0.29, 0.717) is 30.2 Å². The first-order chi connectivity index (χ1) is 12.9. The Kier molecular flexibility index (Phi) is 5.37. The summed E-state index contributed by atoms with van der Waals surface area (Å²) in [6.45, 7) is 4.69. The molecule has 0 bridgehead atoms. The molecule has 0 aliphatic carbocycles. The molecule has 0 aromatic heterocycles. The fourth-order valence-corrected chi connectivity index (χ4v) is 3.21. The van der Waals surface area contributed by atoms with Crippen LogP contribution < -0.4 is 9.47 Å². The number of methoxy groups -OCH3 is 2. The number of hydrogen-bond donors (Lipinski definition) is 0. The lowest BCUT2D eigenvalue weighted by molar-refractivity contribution is -0.0846. The van der Waals surface area contributed by atoms with Crippen molar-refractivity contribution in [2.24, 2.45) is 0 Å². The summed E-state index contributed by atoms with van der Waals surface area (Å²) in [7, 11) is 3.09. The molecule has 1 aliphatic rings. The molecule has 2 aromatic rings. The third-order valence-electron chi connectivity index (χ3n) is 4.83. The summed E-state index contributed by atoms with van der Waals surface area (Å²) in [4.78, 5) is 15.0. The van der Waals surface area contributed by atoms with Crippen LogP contribution in [-0.4, -0.2) is 43.7 Å². The first-order valence-corrected chi connectivity index (χ1v) is 8.77. The van der Waals surface area contributed by atoms with Gasteiger partial charge >= 0.3 is 0 Å². The summed E-state index contributed by atoms with van der Waals surface area (Å²) in [5.41, 5.74) is 0.887. The van der Waals surface area contributed by atoms with Crippen molar-refractivity contribution in [1.29, 1.82) is 0 Å². The Hall–Kier alpha value is -2.60. The minimum atomic E-state index is -0.471. The van der Waals surface area contributed by atoms with E-state index in [1.54, 1.807) is 42.3 Å². The number of amides is 1. The van der Waals surface area contributed by atoms with Crippen LogP contribution in [0.2, 0.25) is 0 Å². The van der Waals surface area contributed by atoms with Crippen LogP contribution >= 0.6 is 0 Å². The third kappa shape index (κ3) is 3.90. The average Bonchev–Trinajstić information content (AvgIpc) is 2.67. The summed E-state index contributed by atoms with van der Waals surface area (Å²) in [5, 5.41) is 0. The van der Waals surface area contributed by atoms with Gasteiger partial charge in [-0.25, -0.2) is 4.39 Å². The van der Waals surface area contributed by atoms with Crippen LogP contribution in [0.1, 0.15) is 35.9 Å². The van der Waals surface area contributed by atoms with Gasteiger partial charge in [0.15, 0.2) is 11.5 Å². The molecule has 0 saturated carbocycles. The maximum absolute atomic E-state index is 13.2. The molecule has 27 heavy (non-hydrogen) atoms. The average molecular weight is 373 g/mol. The lowest BCUT2D eigenvalue weighted by atomic mass is 9.96. The number of nitrogens with zero attached hydrogens (tertiary/aromatic N) is 1. The van der Waals surface area contributed by atoms with E-state index < -0.39 is 5.54 Å². The number of halogens is 1. The highest BCUT2D eigenvalue weighted by molar-refractivity contribution is 5.95. The fraction of sp³-hybridized carbons (Fsp3) is 0.381. The van der Waals surface area contributed by atoms with Crippen molar-refractivity contribution >= 4 is 5.91 Å². The molecule has 1 aliphatic heterocycles. The fourth-order valence-electron chi connectivity index (χ4n) is 3.21. The number of ether oxygens (including phenoxy) is 3. The standard InChI is InChI=1S/C21H24FNO4/c1-21(2)13-27-19(14-5-8-16(22)9-6-14)12-23(21)20(24)15-7-10-17(25-3)18(11-15)26-4/h5-11,19H,12-13H2,1-4H3. The van der Waals surface area contributed by atoms with Gasteiger partial charge in [-0.1, -0.05) is 12.1 Å². The molecule has 0 spiro atoms. The van der Waals surface area contributed by atoms with Gasteiger partial charge in [0.25, 0.3) is 5.91 Å². The van der Waals surface area contributed by atoms with Crippen LogP contribution in [-0.2, 0) is 4.74 Å². The summed E-state index contributed by atoms with van der Waals surface area (Å²) >= 11 is 0. The Morgan fingerprint density at radius 2 is 1.78 bits per heavy atom. The molecule has 6 heteroatoms. The van der Waals surface area contributed by atoms with Gasteiger partial charge in [-0.15, -0.1) is 0 Å². The first-order valence-electron chi connectivity index (χ1n) is 8.77. The van der Waals surface area contributed by atoms with Gasteiger partial charge in [0.1, 0.15) is 11.9 Å². The summed E-state index contributed by atoms with van der Waals surface area (Å²) in [6.07, 6.45) is -0.303. The first kappa shape index (κ1) is 19.2. The minimum Gasteiger partial charge on any atom is -0.493 e. The van der Waals surface area contributed by atoms with Crippen molar-refractivity contribution in [2.75, 3.05) is 27.4 Å². The Labute approximate surface area is 158 Å². The number of benzene rings is 2. The minimum absolute atomic E-state index is 0.114. The van der Waals surface area contributed by atoms with Crippen LogP contribution in [0.25, 0.3) is 0 Å². The zero-order valence-corrected chi connectivity index (χ0v) is 16.0. The van der Waals surface area contributed by atoms with Crippen molar-refractivity contribution in [2.45, 2.75) is 25.5 Å². The van der Waals surface area contributed by atoms with Gasteiger partial charge in [-0.05, 0) is 49.7 Å². The number of rotatable bonds is 4. The van der Waals surface area contributed by atoms with Crippen molar-refractivity contribution in [3.8, 4) is 11.5 Å². The van der Waals surface area contributed by atoms with E-state index in [2.05, 4.69) is 0 Å². The molecule has 2 aromatic carbocycles. The van der Waals surface area contributed by atoms with Gasteiger partial charge in [-0.2, -0.15) is 0 Å². The maximum Gasteiger partial charge on any atom is 0.254 e. The predicted octanol–water partition coefficient (Wildman–Crippen LogP) is 3.84. The van der Waals surface area contributed by atoms with Gasteiger partial charge in [0, 0.05) is 5.56 Å². The molecule has 1 heterocycles.